The summed E-state index contributed by atoms with van der Waals surface area (Å²) in [6, 6.07) is 0.241. The lowest BCUT2D eigenvalue weighted by atomic mass is 10.0. The molecule has 2 atom stereocenters. The van der Waals surface area contributed by atoms with Crippen molar-refractivity contribution in [2.24, 2.45) is 0 Å². The fourth-order valence-electron chi connectivity index (χ4n) is 2.07. The molecule has 2 unspecified atom stereocenters. The Balaban J connectivity index is 2.42. The SMILES string of the molecule is COC1CCN(C(=O)COC(C)(C)C)C(C)C1. The number of piperidine rings is 1. The third-order valence-electron chi connectivity index (χ3n) is 3.11. The summed E-state index contributed by atoms with van der Waals surface area (Å²) in [6.45, 7) is 8.89. The Morgan fingerprint density at radius 2 is 2.06 bits per heavy atom. The highest BCUT2D eigenvalue weighted by Gasteiger charge is 2.29. The predicted molar refractivity (Wildman–Crippen MR) is 66.9 cm³/mol. The predicted octanol–water partition coefficient (Wildman–Crippen LogP) is 1.83. The van der Waals surface area contributed by atoms with Crippen LogP contribution >= 0.6 is 0 Å². The maximum absolute atomic E-state index is 12.0. The zero-order chi connectivity index (χ0) is 13.1. The van der Waals surface area contributed by atoms with E-state index in [1.54, 1.807) is 7.11 Å². The minimum Gasteiger partial charge on any atom is -0.381 e. The zero-order valence-corrected chi connectivity index (χ0v) is 11.7. The Kier molecular flexibility index (Phi) is 4.95. The van der Waals surface area contributed by atoms with Gasteiger partial charge in [-0.1, -0.05) is 0 Å². The van der Waals surface area contributed by atoms with Gasteiger partial charge in [0.05, 0.1) is 11.7 Å². The molecule has 4 heteroatoms. The van der Waals surface area contributed by atoms with E-state index in [1.807, 2.05) is 25.7 Å². The molecule has 0 aromatic rings. The Hall–Kier alpha value is -0.610. The van der Waals surface area contributed by atoms with Crippen LogP contribution in [0.5, 0.6) is 0 Å². The number of ether oxygens (including phenoxy) is 2. The minimum absolute atomic E-state index is 0.0852. The highest BCUT2D eigenvalue weighted by atomic mass is 16.5. The van der Waals surface area contributed by atoms with Gasteiger partial charge in [-0.25, -0.2) is 0 Å². The van der Waals surface area contributed by atoms with Crippen molar-refractivity contribution in [3.63, 3.8) is 0 Å². The van der Waals surface area contributed by atoms with Crippen molar-refractivity contribution in [3.05, 3.63) is 0 Å². The van der Waals surface area contributed by atoms with Crippen molar-refractivity contribution in [2.45, 2.75) is 58.3 Å². The Labute approximate surface area is 104 Å². The average molecular weight is 243 g/mol. The van der Waals surface area contributed by atoms with Crippen molar-refractivity contribution in [2.75, 3.05) is 20.3 Å². The van der Waals surface area contributed by atoms with E-state index in [0.29, 0.717) is 0 Å². The molecule has 0 spiro atoms. The van der Waals surface area contributed by atoms with Crippen LogP contribution in [-0.4, -0.2) is 48.8 Å². The fourth-order valence-corrected chi connectivity index (χ4v) is 2.07. The summed E-state index contributed by atoms with van der Waals surface area (Å²) in [4.78, 5) is 13.9. The first kappa shape index (κ1) is 14.5. The van der Waals surface area contributed by atoms with Gasteiger partial charge in [0.25, 0.3) is 0 Å². The van der Waals surface area contributed by atoms with Crippen molar-refractivity contribution < 1.29 is 14.3 Å². The average Bonchev–Trinajstić information content (AvgIpc) is 2.24. The minimum atomic E-state index is -0.260. The Bertz CT molecular complexity index is 260. The maximum Gasteiger partial charge on any atom is 0.248 e. The molecule has 0 saturated carbocycles. The largest absolute Gasteiger partial charge is 0.381 e. The summed E-state index contributed by atoms with van der Waals surface area (Å²) in [5, 5.41) is 0. The smallest absolute Gasteiger partial charge is 0.248 e. The lowest BCUT2D eigenvalue weighted by molar-refractivity contribution is -0.146. The summed E-state index contributed by atoms with van der Waals surface area (Å²) < 4.78 is 10.9. The number of likely N-dealkylation sites (tertiary alicyclic amines) is 1. The molecule has 1 fully saturated rings. The Morgan fingerprint density at radius 3 is 2.53 bits per heavy atom. The van der Waals surface area contributed by atoms with Gasteiger partial charge in [0.1, 0.15) is 6.61 Å². The molecular weight excluding hydrogens is 218 g/mol. The van der Waals surface area contributed by atoms with E-state index >= 15 is 0 Å². The van der Waals surface area contributed by atoms with E-state index in [4.69, 9.17) is 9.47 Å². The van der Waals surface area contributed by atoms with E-state index in [9.17, 15) is 4.79 Å². The van der Waals surface area contributed by atoms with Gasteiger partial charge in [-0.15, -0.1) is 0 Å². The monoisotopic (exact) mass is 243 g/mol. The lowest BCUT2D eigenvalue weighted by Crippen LogP contribution is -2.48. The van der Waals surface area contributed by atoms with Crippen LogP contribution in [0.15, 0.2) is 0 Å². The first-order chi connectivity index (χ1) is 7.83. The molecule has 17 heavy (non-hydrogen) atoms. The first-order valence-electron chi connectivity index (χ1n) is 6.29. The summed E-state index contributed by atoms with van der Waals surface area (Å²) in [5.41, 5.74) is -0.260. The van der Waals surface area contributed by atoms with Gasteiger partial charge in [-0.05, 0) is 40.5 Å². The number of carbonyl (C=O) groups is 1. The number of amides is 1. The second kappa shape index (κ2) is 5.83. The lowest BCUT2D eigenvalue weighted by Gasteiger charge is -2.37. The van der Waals surface area contributed by atoms with E-state index < -0.39 is 0 Å². The normalized spacial score (nSPS) is 26.1. The summed E-state index contributed by atoms with van der Waals surface area (Å²) >= 11 is 0. The van der Waals surface area contributed by atoms with Gasteiger partial charge in [-0.2, -0.15) is 0 Å². The second-order valence-electron chi connectivity index (χ2n) is 5.72. The molecule has 1 amide bonds. The molecule has 1 saturated heterocycles. The quantitative estimate of drug-likeness (QED) is 0.759. The second-order valence-corrected chi connectivity index (χ2v) is 5.72. The fraction of sp³-hybridized carbons (Fsp3) is 0.923. The molecule has 1 aliphatic rings. The highest BCUT2D eigenvalue weighted by Crippen LogP contribution is 2.20. The number of nitrogens with zero attached hydrogens (tertiary/aromatic N) is 1. The van der Waals surface area contributed by atoms with Gasteiger partial charge >= 0.3 is 0 Å². The number of methoxy groups -OCH3 is 1. The van der Waals surface area contributed by atoms with Crippen LogP contribution in [0.1, 0.15) is 40.5 Å². The standard InChI is InChI=1S/C13H25NO3/c1-10-8-11(16-5)6-7-14(10)12(15)9-17-13(2,3)4/h10-11H,6-9H2,1-5H3. The molecule has 1 rings (SSSR count). The molecular formula is C13H25NO3. The molecule has 100 valence electrons. The van der Waals surface area contributed by atoms with Gasteiger partial charge in [0.15, 0.2) is 0 Å². The van der Waals surface area contributed by atoms with E-state index in [0.717, 1.165) is 19.4 Å². The van der Waals surface area contributed by atoms with Crippen LogP contribution in [-0.2, 0) is 14.3 Å². The first-order valence-corrected chi connectivity index (χ1v) is 6.29. The number of hydrogen-bond donors (Lipinski definition) is 0. The van der Waals surface area contributed by atoms with E-state index in [-0.39, 0.29) is 30.3 Å². The topological polar surface area (TPSA) is 38.8 Å². The van der Waals surface area contributed by atoms with Gasteiger partial charge < -0.3 is 14.4 Å². The molecule has 1 heterocycles. The molecule has 0 aliphatic carbocycles. The van der Waals surface area contributed by atoms with Crippen LogP contribution in [0.25, 0.3) is 0 Å². The van der Waals surface area contributed by atoms with Gasteiger partial charge in [0, 0.05) is 19.7 Å². The molecule has 0 aromatic carbocycles. The number of hydrogen-bond acceptors (Lipinski definition) is 3. The molecule has 0 aromatic heterocycles. The summed E-state index contributed by atoms with van der Waals surface area (Å²) in [7, 11) is 1.73. The van der Waals surface area contributed by atoms with Crippen LogP contribution in [0.3, 0.4) is 0 Å². The van der Waals surface area contributed by atoms with E-state index in [1.165, 1.54) is 0 Å². The van der Waals surface area contributed by atoms with Crippen LogP contribution in [0.4, 0.5) is 0 Å². The molecule has 0 radical (unpaired) electrons. The molecule has 0 bridgehead atoms. The van der Waals surface area contributed by atoms with Crippen molar-refractivity contribution in [1.29, 1.82) is 0 Å². The van der Waals surface area contributed by atoms with Crippen molar-refractivity contribution in [3.8, 4) is 0 Å². The van der Waals surface area contributed by atoms with Crippen molar-refractivity contribution >= 4 is 5.91 Å². The molecule has 1 aliphatic heterocycles. The third kappa shape index (κ3) is 4.64. The zero-order valence-electron chi connectivity index (χ0n) is 11.7. The van der Waals surface area contributed by atoms with Crippen LogP contribution in [0.2, 0.25) is 0 Å². The highest BCUT2D eigenvalue weighted by molar-refractivity contribution is 5.77. The molecule has 4 nitrogen and oxygen atoms in total. The van der Waals surface area contributed by atoms with Gasteiger partial charge in [0.2, 0.25) is 5.91 Å². The van der Waals surface area contributed by atoms with Crippen molar-refractivity contribution in [1.82, 2.24) is 4.90 Å². The third-order valence-corrected chi connectivity index (χ3v) is 3.11. The number of rotatable bonds is 3. The van der Waals surface area contributed by atoms with Gasteiger partial charge in [-0.3, -0.25) is 4.79 Å². The summed E-state index contributed by atoms with van der Waals surface area (Å²) in [5.74, 6) is 0.0852. The van der Waals surface area contributed by atoms with E-state index in [2.05, 4.69) is 6.92 Å². The summed E-state index contributed by atoms with van der Waals surface area (Å²) in [6.07, 6.45) is 2.12. The number of carbonyl (C=O) groups excluding carboxylic acids is 1. The van der Waals surface area contributed by atoms with Crippen LogP contribution in [0, 0.1) is 0 Å². The Morgan fingerprint density at radius 1 is 1.41 bits per heavy atom. The maximum atomic E-state index is 12.0. The van der Waals surface area contributed by atoms with Crippen LogP contribution < -0.4 is 0 Å². The molecule has 0 N–H and O–H groups in total.